The van der Waals surface area contributed by atoms with E-state index in [1.807, 2.05) is 41.8 Å². The maximum atomic E-state index is 13.6. The van der Waals surface area contributed by atoms with Crippen molar-refractivity contribution < 1.29 is 22.3 Å². The second-order valence-electron chi connectivity index (χ2n) is 8.09. The average molecular weight is 503 g/mol. The molecule has 9 heteroatoms. The van der Waals surface area contributed by atoms with E-state index in [0.29, 0.717) is 19.6 Å². The van der Waals surface area contributed by atoms with Gasteiger partial charge in [-0.05, 0) is 59.7 Å². The van der Waals surface area contributed by atoms with Crippen molar-refractivity contribution >= 4 is 27.3 Å². The van der Waals surface area contributed by atoms with Crippen LogP contribution in [0.2, 0.25) is 0 Å². The van der Waals surface area contributed by atoms with Gasteiger partial charge in [0, 0.05) is 31.7 Å². The van der Waals surface area contributed by atoms with E-state index in [4.69, 9.17) is 4.74 Å². The first kappa shape index (κ1) is 24.5. The molecule has 0 radical (unpaired) electrons. The van der Waals surface area contributed by atoms with Crippen molar-refractivity contribution in [3.8, 4) is 0 Å². The predicted octanol–water partition coefficient (Wildman–Crippen LogP) is 4.09. The van der Waals surface area contributed by atoms with Crippen molar-refractivity contribution in [1.82, 2.24) is 9.21 Å². The Morgan fingerprint density at radius 3 is 2.59 bits per heavy atom. The number of hydrogen-bond acceptors (Lipinski definition) is 5. The molecule has 0 saturated heterocycles. The Kier molecular flexibility index (Phi) is 7.77. The lowest BCUT2D eigenvalue weighted by Gasteiger charge is -2.37. The number of thiophene rings is 1. The molecule has 0 bridgehead atoms. The van der Waals surface area contributed by atoms with E-state index in [1.165, 1.54) is 21.3 Å². The molecule has 3 aromatic rings. The molecule has 2 aromatic carbocycles. The van der Waals surface area contributed by atoms with Crippen molar-refractivity contribution in [3.63, 3.8) is 0 Å². The Morgan fingerprint density at radius 1 is 1.15 bits per heavy atom. The lowest BCUT2D eigenvalue weighted by atomic mass is 9.93. The summed E-state index contributed by atoms with van der Waals surface area (Å²) in [5.74, 6) is -0.791. The van der Waals surface area contributed by atoms with Crippen LogP contribution in [0.1, 0.15) is 28.5 Å². The van der Waals surface area contributed by atoms with E-state index in [2.05, 4.69) is 0 Å². The van der Waals surface area contributed by atoms with Gasteiger partial charge in [-0.25, -0.2) is 12.8 Å². The average Bonchev–Trinajstić information content (AvgIpc) is 3.32. The standard InChI is InChI=1S/C25H27FN2O4S2/c1-32-16-5-14-27(34(30,31)21-10-8-20(26)9-11-21)18-24(29)28-15-12-23-22(13-17-33-23)25(28)19-6-3-2-4-7-19/h2-4,6-11,13,17,25H,5,12,14-16,18H2,1H3. The van der Waals surface area contributed by atoms with Crippen LogP contribution in [0.3, 0.4) is 0 Å². The van der Waals surface area contributed by atoms with E-state index < -0.39 is 15.8 Å². The van der Waals surface area contributed by atoms with Crippen LogP contribution in [0.4, 0.5) is 4.39 Å². The zero-order valence-electron chi connectivity index (χ0n) is 18.9. The molecule has 1 unspecified atom stereocenters. The molecule has 1 aromatic heterocycles. The summed E-state index contributed by atoms with van der Waals surface area (Å²) < 4.78 is 46.4. The number of rotatable bonds is 9. The summed E-state index contributed by atoms with van der Waals surface area (Å²) in [5.41, 5.74) is 2.07. The number of ether oxygens (including phenoxy) is 1. The number of amides is 1. The van der Waals surface area contributed by atoms with Gasteiger partial charge in [-0.1, -0.05) is 30.3 Å². The number of hydrogen-bond donors (Lipinski definition) is 0. The summed E-state index contributed by atoms with van der Waals surface area (Å²) >= 11 is 1.68. The van der Waals surface area contributed by atoms with E-state index in [0.717, 1.165) is 29.7 Å². The van der Waals surface area contributed by atoms with Gasteiger partial charge in [0.15, 0.2) is 0 Å². The van der Waals surface area contributed by atoms with Gasteiger partial charge in [-0.15, -0.1) is 11.3 Å². The van der Waals surface area contributed by atoms with Crippen LogP contribution in [0.5, 0.6) is 0 Å². The van der Waals surface area contributed by atoms with Gasteiger partial charge >= 0.3 is 0 Å². The smallest absolute Gasteiger partial charge is 0.243 e. The molecular formula is C25H27FN2O4S2. The minimum atomic E-state index is -4.00. The quantitative estimate of drug-likeness (QED) is 0.414. The van der Waals surface area contributed by atoms with E-state index in [-0.39, 0.29) is 29.9 Å². The number of benzene rings is 2. The van der Waals surface area contributed by atoms with Crippen LogP contribution in [0, 0.1) is 5.82 Å². The second-order valence-corrected chi connectivity index (χ2v) is 11.0. The molecule has 0 fully saturated rings. The maximum absolute atomic E-state index is 13.6. The van der Waals surface area contributed by atoms with Crippen LogP contribution in [-0.2, 0) is 26.0 Å². The van der Waals surface area contributed by atoms with Crippen LogP contribution in [-0.4, -0.2) is 56.9 Å². The Morgan fingerprint density at radius 2 is 1.88 bits per heavy atom. The molecule has 2 heterocycles. The third-order valence-corrected chi connectivity index (χ3v) is 8.78. The summed E-state index contributed by atoms with van der Waals surface area (Å²) in [7, 11) is -2.46. The molecule has 0 aliphatic carbocycles. The molecule has 0 N–H and O–H groups in total. The first-order chi connectivity index (χ1) is 16.4. The molecule has 1 aliphatic heterocycles. The van der Waals surface area contributed by atoms with Crippen molar-refractivity contribution in [3.05, 3.63) is 87.9 Å². The number of nitrogens with zero attached hydrogens (tertiary/aromatic N) is 2. The Hall–Kier alpha value is -2.59. The molecule has 180 valence electrons. The van der Waals surface area contributed by atoms with Gasteiger partial charge in [0.25, 0.3) is 0 Å². The van der Waals surface area contributed by atoms with Crippen LogP contribution in [0.15, 0.2) is 70.9 Å². The van der Waals surface area contributed by atoms with E-state index >= 15 is 0 Å². The van der Waals surface area contributed by atoms with Crippen LogP contribution >= 0.6 is 11.3 Å². The Labute approximate surface area is 203 Å². The minimum Gasteiger partial charge on any atom is -0.385 e. The van der Waals surface area contributed by atoms with Crippen molar-refractivity contribution in [1.29, 1.82) is 0 Å². The van der Waals surface area contributed by atoms with Gasteiger partial charge < -0.3 is 9.64 Å². The SMILES string of the molecule is COCCCN(CC(=O)N1CCc2sccc2C1c1ccccc1)S(=O)(=O)c1ccc(F)cc1. The van der Waals surface area contributed by atoms with Crippen molar-refractivity contribution in [2.24, 2.45) is 0 Å². The highest BCUT2D eigenvalue weighted by molar-refractivity contribution is 7.89. The predicted molar refractivity (Wildman–Crippen MR) is 130 cm³/mol. The normalized spacial score (nSPS) is 16.0. The first-order valence-corrected chi connectivity index (χ1v) is 13.4. The summed E-state index contributed by atoms with van der Waals surface area (Å²) in [6.07, 6.45) is 1.16. The summed E-state index contributed by atoms with van der Waals surface area (Å²) in [5, 5.41) is 2.03. The Balaban J connectivity index is 1.63. The zero-order chi connectivity index (χ0) is 24.1. The van der Waals surface area contributed by atoms with Crippen LogP contribution < -0.4 is 0 Å². The fraction of sp³-hybridized carbons (Fsp3) is 0.320. The third kappa shape index (κ3) is 5.22. The van der Waals surface area contributed by atoms with Gasteiger partial charge in [0.05, 0.1) is 17.5 Å². The van der Waals surface area contributed by atoms with Gasteiger partial charge in [0.1, 0.15) is 5.82 Å². The lowest BCUT2D eigenvalue weighted by Crippen LogP contribution is -2.47. The fourth-order valence-corrected chi connectivity index (χ4v) is 6.58. The minimum absolute atomic E-state index is 0.0440. The van der Waals surface area contributed by atoms with Gasteiger partial charge in [-0.2, -0.15) is 4.31 Å². The number of sulfonamides is 1. The highest BCUT2D eigenvalue weighted by Crippen LogP contribution is 2.37. The molecule has 1 aliphatic rings. The third-order valence-electron chi connectivity index (χ3n) is 5.92. The molecular weight excluding hydrogens is 475 g/mol. The van der Waals surface area contributed by atoms with Gasteiger partial charge in [0.2, 0.25) is 15.9 Å². The molecule has 4 rings (SSSR count). The number of fused-ring (bicyclic) bond motifs is 1. The fourth-order valence-electron chi connectivity index (χ4n) is 4.25. The summed E-state index contributed by atoms with van der Waals surface area (Å²) in [6, 6.07) is 16.2. The Bertz CT molecular complexity index is 1210. The molecule has 1 atom stereocenters. The molecule has 0 spiro atoms. The van der Waals surface area contributed by atoms with E-state index in [1.54, 1.807) is 23.3 Å². The molecule has 1 amide bonds. The van der Waals surface area contributed by atoms with Crippen LogP contribution in [0.25, 0.3) is 0 Å². The van der Waals surface area contributed by atoms with Gasteiger partial charge in [-0.3, -0.25) is 4.79 Å². The zero-order valence-corrected chi connectivity index (χ0v) is 20.5. The highest BCUT2D eigenvalue weighted by atomic mass is 32.2. The number of methoxy groups -OCH3 is 1. The summed E-state index contributed by atoms with van der Waals surface area (Å²) in [6.45, 7) is 0.686. The molecule has 6 nitrogen and oxygen atoms in total. The number of carbonyl (C=O) groups is 1. The number of carbonyl (C=O) groups excluding carboxylic acids is 1. The number of halogens is 1. The monoisotopic (exact) mass is 502 g/mol. The second kappa shape index (κ2) is 10.8. The topological polar surface area (TPSA) is 66.9 Å². The first-order valence-electron chi connectivity index (χ1n) is 11.1. The molecule has 0 saturated carbocycles. The largest absolute Gasteiger partial charge is 0.385 e. The lowest BCUT2D eigenvalue weighted by molar-refractivity contribution is -0.133. The highest BCUT2D eigenvalue weighted by Gasteiger charge is 2.35. The maximum Gasteiger partial charge on any atom is 0.243 e. The summed E-state index contributed by atoms with van der Waals surface area (Å²) in [4.78, 5) is 16.6. The van der Waals surface area contributed by atoms with E-state index in [9.17, 15) is 17.6 Å². The van der Waals surface area contributed by atoms with Crippen molar-refractivity contribution in [2.45, 2.75) is 23.8 Å². The molecule has 34 heavy (non-hydrogen) atoms. The van der Waals surface area contributed by atoms with Crippen molar-refractivity contribution in [2.75, 3.05) is 33.4 Å².